The minimum absolute atomic E-state index is 0.854. The van der Waals surface area contributed by atoms with Gasteiger partial charge in [-0.15, -0.1) is 0 Å². The molecule has 0 atom stereocenters. The van der Waals surface area contributed by atoms with E-state index in [1.165, 1.54) is 36.6 Å². The second-order valence-electron chi connectivity index (χ2n) is 4.80. The lowest BCUT2D eigenvalue weighted by molar-refractivity contribution is 0.466. The predicted octanol–water partition coefficient (Wildman–Crippen LogP) is 4.48. The molecule has 0 unspecified atom stereocenters. The Balaban J connectivity index is 1.97. The van der Waals surface area contributed by atoms with E-state index in [4.69, 9.17) is 11.6 Å². The summed E-state index contributed by atoms with van der Waals surface area (Å²) < 4.78 is 2.33. The van der Waals surface area contributed by atoms with Crippen LogP contribution in [0.4, 0.5) is 0 Å². The highest BCUT2D eigenvalue weighted by Crippen LogP contribution is 2.30. The van der Waals surface area contributed by atoms with Crippen molar-refractivity contribution in [1.29, 1.82) is 0 Å². The fourth-order valence-electron chi connectivity index (χ4n) is 2.84. The van der Waals surface area contributed by atoms with Crippen molar-refractivity contribution in [2.45, 2.75) is 32.2 Å². The topological polar surface area (TPSA) is 4.93 Å². The summed E-state index contributed by atoms with van der Waals surface area (Å²) in [5.41, 5.74) is 1.20. The summed E-state index contributed by atoms with van der Waals surface area (Å²) >= 11 is 6.27. The van der Waals surface area contributed by atoms with Crippen molar-refractivity contribution < 1.29 is 0 Å². The third kappa shape index (κ3) is 1.73. The van der Waals surface area contributed by atoms with Crippen molar-refractivity contribution in [3.8, 4) is 0 Å². The maximum atomic E-state index is 6.27. The molecule has 1 aromatic heterocycles. The van der Waals surface area contributed by atoms with Crippen LogP contribution in [0.25, 0.3) is 10.9 Å². The van der Waals surface area contributed by atoms with Crippen molar-refractivity contribution in [3.63, 3.8) is 0 Å². The lowest BCUT2D eigenvalue weighted by Gasteiger charge is -2.12. The maximum Gasteiger partial charge on any atom is 0.0669 e. The van der Waals surface area contributed by atoms with Gasteiger partial charge in [-0.1, -0.05) is 36.6 Å². The fraction of sp³-hybridized carbons (Fsp3) is 0.429. The predicted molar refractivity (Wildman–Crippen MR) is 68.9 cm³/mol. The Morgan fingerprint density at radius 3 is 2.81 bits per heavy atom. The van der Waals surface area contributed by atoms with Crippen LogP contribution in [0.15, 0.2) is 30.5 Å². The first kappa shape index (κ1) is 10.2. The number of halogens is 1. The van der Waals surface area contributed by atoms with Gasteiger partial charge >= 0.3 is 0 Å². The van der Waals surface area contributed by atoms with E-state index in [0.717, 1.165) is 17.5 Å². The average Bonchev–Trinajstić information content (AvgIpc) is 2.90. The Hall–Kier alpha value is -0.950. The highest BCUT2D eigenvalue weighted by atomic mass is 35.5. The van der Waals surface area contributed by atoms with Crippen molar-refractivity contribution in [3.05, 3.63) is 35.5 Å². The van der Waals surface area contributed by atoms with Crippen molar-refractivity contribution in [2.24, 2.45) is 5.92 Å². The molecule has 3 rings (SSSR count). The highest BCUT2D eigenvalue weighted by molar-refractivity contribution is 6.35. The third-order valence-electron chi connectivity index (χ3n) is 3.67. The Labute approximate surface area is 101 Å². The molecule has 2 aromatic rings. The summed E-state index contributed by atoms with van der Waals surface area (Å²) in [5, 5.41) is 2.13. The molecular formula is C14H16ClN. The van der Waals surface area contributed by atoms with E-state index in [1.807, 2.05) is 12.1 Å². The van der Waals surface area contributed by atoms with Crippen LogP contribution in [0.5, 0.6) is 0 Å². The van der Waals surface area contributed by atoms with Gasteiger partial charge in [0.1, 0.15) is 0 Å². The van der Waals surface area contributed by atoms with E-state index in [9.17, 15) is 0 Å². The smallest absolute Gasteiger partial charge is 0.0669 e. The van der Waals surface area contributed by atoms with Crippen LogP contribution < -0.4 is 0 Å². The zero-order valence-corrected chi connectivity index (χ0v) is 10.1. The van der Waals surface area contributed by atoms with Gasteiger partial charge < -0.3 is 4.57 Å². The Morgan fingerprint density at radius 2 is 2.00 bits per heavy atom. The van der Waals surface area contributed by atoms with Crippen LogP contribution >= 0.6 is 11.6 Å². The molecule has 16 heavy (non-hydrogen) atoms. The molecule has 0 bridgehead atoms. The average molecular weight is 234 g/mol. The molecule has 1 nitrogen and oxygen atoms in total. The summed E-state index contributed by atoms with van der Waals surface area (Å²) in [7, 11) is 0. The largest absolute Gasteiger partial charge is 0.346 e. The minimum Gasteiger partial charge on any atom is -0.346 e. The zero-order chi connectivity index (χ0) is 11.0. The van der Waals surface area contributed by atoms with Crippen LogP contribution in [-0.4, -0.2) is 4.57 Å². The molecule has 1 aliphatic carbocycles. The summed E-state index contributed by atoms with van der Waals surface area (Å²) in [5.74, 6) is 0.854. The van der Waals surface area contributed by atoms with Crippen molar-refractivity contribution >= 4 is 22.5 Å². The monoisotopic (exact) mass is 233 g/mol. The molecule has 1 fully saturated rings. The first-order valence-electron chi connectivity index (χ1n) is 6.08. The molecule has 84 valence electrons. The second kappa shape index (κ2) is 4.14. The number of rotatable bonds is 2. The molecule has 1 aromatic carbocycles. The number of fused-ring (bicyclic) bond motifs is 1. The molecule has 1 aliphatic rings. The molecule has 0 aliphatic heterocycles. The van der Waals surface area contributed by atoms with E-state index in [-0.39, 0.29) is 0 Å². The van der Waals surface area contributed by atoms with Gasteiger partial charge in [0.15, 0.2) is 0 Å². The molecule has 0 N–H and O–H groups in total. The molecule has 0 radical (unpaired) electrons. The first-order chi connectivity index (χ1) is 7.84. The molecular weight excluding hydrogens is 218 g/mol. The Bertz CT molecular complexity index is 494. The molecule has 0 saturated heterocycles. The van der Waals surface area contributed by atoms with E-state index >= 15 is 0 Å². The summed E-state index contributed by atoms with van der Waals surface area (Å²) in [6.07, 6.45) is 7.73. The van der Waals surface area contributed by atoms with Gasteiger partial charge in [0.2, 0.25) is 0 Å². The van der Waals surface area contributed by atoms with Crippen molar-refractivity contribution in [2.75, 3.05) is 0 Å². The first-order valence-corrected chi connectivity index (χ1v) is 6.46. The second-order valence-corrected chi connectivity index (χ2v) is 5.20. The number of hydrogen-bond donors (Lipinski definition) is 0. The van der Waals surface area contributed by atoms with Gasteiger partial charge in [-0.3, -0.25) is 0 Å². The van der Waals surface area contributed by atoms with Crippen molar-refractivity contribution in [1.82, 2.24) is 4.57 Å². The van der Waals surface area contributed by atoms with Gasteiger partial charge in [0, 0.05) is 18.1 Å². The number of nitrogens with zero attached hydrogens (tertiary/aromatic N) is 1. The van der Waals surface area contributed by atoms with E-state index < -0.39 is 0 Å². The lowest BCUT2D eigenvalue weighted by Crippen LogP contribution is -2.06. The van der Waals surface area contributed by atoms with Gasteiger partial charge in [-0.2, -0.15) is 0 Å². The fourth-order valence-corrected chi connectivity index (χ4v) is 3.13. The summed E-state index contributed by atoms with van der Waals surface area (Å²) in [6, 6.07) is 8.29. The molecule has 0 amide bonds. The standard InChI is InChI=1S/C14H16ClN/c15-13-7-3-6-12-8-9-16(14(12)13)10-11-4-1-2-5-11/h3,6-9,11H,1-2,4-5,10H2. The van der Waals surface area contributed by atoms with Crippen LogP contribution in [-0.2, 0) is 6.54 Å². The lowest BCUT2D eigenvalue weighted by atomic mass is 10.1. The van der Waals surface area contributed by atoms with E-state index in [2.05, 4.69) is 22.9 Å². The highest BCUT2D eigenvalue weighted by Gasteiger charge is 2.16. The van der Waals surface area contributed by atoms with Crippen LogP contribution in [0.2, 0.25) is 5.02 Å². The molecule has 1 heterocycles. The number of aromatic nitrogens is 1. The van der Waals surface area contributed by atoms with E-state index in [0.29, 0.717) is 0 Å². The van der Waals surface area contributed by atoms with Crippen LogP contribution in [0, 0.1) is 5.92 Å². The summed E-state index contributed by atoms with van der Waals surface area (Å²) in [4.78, 5) is 0. The van der Waals surface area contributed by atoms with Crippen LogP contribution in [0.3, 0.4) is 0 Å². The van der Waals surface area contributed by atoms with E-state index in [1.54, 1.807) is 0 Å². The van der Waals surface area contributed by atoms with Crippen LogP contribution in [0.1, 0.15) is 25.7 Å². The Morgan fingerprint density at radius 1 is 1.19 bits per heavy atom. The zero-order valence-electron chi connectivity index (χ0n) is 9.32. The normalized spacial score (nSPS) is 17.3. The quantitative estimate of drug-likeness (QED) is 0.721. The number of benzene rings is 1. The van der Waals surface area contributed by atoms with Gasteiger partial charge in [-0.25, -0.2) is 0 Å². The summed E-state index contributed by atoms with van der Waals surface area (Å²) in [6.45, 7) is 1.13. The molecule has 2 heteroatoms. The minimum atomic E-state index is 0.854. The molecule has 1 saturated carbocycles. The molecule has 0 spiro atoms. The van der Waals surface area contributed by atoms with Gasteiger partial charge in [-0.05, 0) is 30.9 Å². The van der Waals surface area contributed by atoms with Gasteiger partial charge in [0.05, 0.1) is 10.5 Å². The third-order valence-corrected chi connectivity index (χ3v) is 3.97. The van der Waals surface area contributed by atoms with Gasteiger partial charge in [0.25, 0.3) is 0 Å². The Kier molecular flexibility index (Phi) is 2.64. The number of para-hydroxylation sites is 1. The maximum absolute atomic E-state index is 6.27. The number of hydrogen-bond acceptors (Lipinski definition) is 0. The SMILES string of the molecule is Clc1cccc2ccn(CC3CCCC3)c12.